The van der Waals surface area contributed by atoms with Crippen LogP contribution in [0.5, 0.6) is 5.88 Å². The second-order valence-corrected chi connectivity index (χ2v) is 3.60. The van der Waals surface area contributed by atoms with Gasteiger partial charge in [-0.15, -0.1) is 0 Å². The molecule has 0 saturated carbocycles. The van der Waals surface area contributed by atoms with Crippen molar-refractivity contribution in [2.75, 3.05) is 20.3 Å². The Bertz CT molecular complexity index is 350. The molecule has 0 saturated heterocycles. The monoisotopic (exact) mass is 228 g/mol. The summed E-state index contributed by atoms with van der Waals surface area (Å²) in [5.41, 5.74) is 0. The van der Waals surface area contributed by atoms with Crippen molar-refractivity contribution in [1.29, 1.82) is 0 Å². The van der Waals surface area contributed by atoms with Crippen LogP contribution in [-0.2, 0) is 4.79 Å². The summed E-state index contributed by atoms with van der Waals surface area (Å²) in [6.07, 6.45) is 0. The lowest BCUT2D eigenvalue weighted by Gasteiger charge is -2.22. The number of aryl methyl sites for hydroxylation is 1. The van der Waals surface area contributed by atoms with Crippen LogP contribution >= 0.6 is 0 Å². The largest absolute Gasteiger partial charge is 0.465 e. The van der Waals surface area contributed by atoms with Gasteiger partial charge in [-0.3, -0.25) is 4.79 Å². The first kappa shape index (κ1) is 12.5. The zero-order valence-electron chi connectivity index (χ0n) is 9.64. The third-order valence-corrected chi connectivity index (χ3v) is 2.27. The summed E-state index contributed by atoms with van der Waals surface area (Å²) in [5.74, 6) is 0.692. The molecule has 0 bridgehead atoms. The van der Waals surface area contributed by atoms with Crippen molar-refractivity contribution >= 4 is 5.91 Å². The van der Waals surface area contributed by atoms with E-state index in [0.717, 1.165) is 0 Å². The molecule has 1 atom stereocenters. The van der Waals surface area contributed by atoms with Gasteiger partial charge >= 0.3 is 0 Å². The molecule has 1 rings (SSSR count). The number of aliphatic hydroxyl groups excluding tert-OH is 1. The van der Waals surface area contributed by atoms with Gasteiger partial charge in [0.15, 0.2) is 6.61 Å². The number of amides is 1. The summed E-state index contributed by atoms with van der Waals surface area (Å²) in [5, 5.41) is 12.5. The Hall–Kier alpha value is -1.56. The summed E-state index contributed by atoms with van der Waals surface area (Å²) in [6, 6.07) is 1.37. The average molecular weight is 228 g/mol. The number of aliphatic hydroxyl groups is 1. The van der Waals surface area contributed by atoms with Crippen molar-refractivity contribution in [3.63, 3.8) is 0 Å². The smallest absolute Gasteiger partial charge is 0.260 e. The second kappa shape index (κ2) is 5.50. The van der Waals surface area contributed by atoms with Crippen LogP contribution in [0.1, 0.15) is 12.7 Å². The number of likely N-dealkylation sites (N-methyl/N-ethyl adjacent to an activating group) is 1. The van der Waals surface area contributed by atoms with Gasteiger partial charge in [-0.2, -0.15) is 0 Å². The third-order valence-electron chi connectivity index (χ3n) is 2.27. The van der Waals surface area contributed by atoms with E-state index in [1.165, 1.54) is 4.90 Å². The Morgan fingerprint density at radius 2 is 2.44 bits per heavy atom. The molecule has 6 nitrogen and oxygen atoms in total. The van der Waals surface area contributed by atoms with Crippen molar-refractivity contribution in [3.8, 4) is 5.88 Å². The number of carbonyl (C=O) groups is 1. The topological polar surface area (TPSA) is 75.8 Å². The molecule has 1 amide bonds. The third kappa shape index (κ3) is 3.23. The average Bonchev–Trinajstić information content (AvgIpc) is 2.69. The molecule has 0 aliphatic heterocycles. The first-order valence-corrected chi connectivity index (χ1v) is 4.97. The molecule has 0 aliphatic carbocycles. The highest BCUT2D eigenvalue weighted by atomic mass is 16.5. The van der Waals surface area contributed by atoms with E-state index in [4.69, 9.17) is 14.4 Å². The van der Waals surface area contributed by atoms with E-state index in [1.54, 1.807) is 27.0 Å². The van der Waals surface area contributed by atoms with E-state index in [0.29, 0.717) is 5.76 Å². The summed E-state index contributed by atoms with van der Waals surface area (Å²) < 4.78 is 9.91. The van der Waals surface area contributed by atoms with E-state index >= 15 is 0 Å². The lowest BCUT2D eigenvalue weighted by Crippen LogP contribution is -2.40. The fourth-order valence-electron chi connectivity index (χ4n) is 1.02. The van der Waals surface area contributed by atoms with Crippen molar-refractivity contribution in [2.24, 2.45) is 0 Å². The molecule has 1 N–H and O–H groups in total. The van der Waals surface area contributed by atoms with E-state index in [2.05, 4.69) is 5.16 Å². The van der Waals surface area contributed by atoms with E-state index < -0.39 is 0 Å². The number of ether oxygens (including phenoxy) is 1. The van der Waals surface area contributed by atoms with Crippen molar-refractivity contribution in [3.05, 3.63) is 11.8 Å². The van der Waals surface area contributed by atoms with E-state index in [-0.39, 0.29) is 31.0 Å². The number of aromatic nitrogens is 1. The first-order valence-electron chi connectivity index (χ1n) is 4.97. The van der Waals surface area contributed by atoms with Crippen LogP contribution < -0.4 is 4.74 Å². The number of nitrogens with zero attached hydrogens (tertiary/aromatic N) is 2. The minimum absolute atomic E-state index is 0.0781. The van der Waals surface area contributed by atoms with Crippen LogP contribution in [0.15, 0.2) is 10.6 Å². The standard InChI is InChI=1S/C10H16N2O4/c1-7(5-13)12(3)10(14)6-15-9-4-8(2)16-11-9/h4,7,13H,5-6H2,1-3H3. The SMILES string of the molecule is Cc1cc(OCC(=O)N(C)C(C)CO)no1. The molecule has 0 aliphatic rings. The maximum atomic E-state index is 11.6. The molecule has 6 heteroatoms. The summed E-state index contributed by atoms with van der Waals surface area (Å²) in [4.78, 5) is 13.0. The molecule has 0 radical (unpaired) electrons. The highest BCUT2D eigenvalue weighted by molar-refractivity contribution is 5.77. The number of carbonyl (C=O) groups excluding carboxylic acids is 1. The zero-order chi connectivity index (χ0) is 12.1. The Morgan fingerprint density at radius 1 is 1.75 bits per heavy atom. The van der Waals surface area contributed by atoms with Gasteiger partial charge in [0.1, 0.15) is 5.76 Å². The first-order chi connectivity index (χ1) is 7.54. The lowest BCUT2D eigenvalue weighted by atomic mass is 10.3. The van der Waals surface area contributed by atoms with Crippen molar-refractivity contribution < 1.29 is 19.2 Å². The molecule has 0 spiro atoms. The Balaban J connectivity index is 2.40. The lowest BCUT2D eigenvalue weighted by molar-refractivity contribution is -0.134. The number of rotatable bonds is 5. The van der Waals surface area contributed by atoms with Crippen LogP contribution in [0.3, 0.4) is 0 Å². The molecule has 1 aromatic rings. The highest BCUT2D eigenvalue weighted by Crippen LogP contribution is 2.09. The number of hydrogen-bond donors (Lipinski definition) is 1. The Kier molecular flexibility index (Phi) is 4.30. The van der Waals surface area contributed by atoms with Gasteiger partial charge in [-0.25, -0.2) is 0 Å². The second-order valence-electron chi connectivity index (χ2n) is 3.60. The van der Waals surface area contributed by atoms with Crippen molar-refractivity contribution in [1.82, 2.24) is 10.1 Å². The molecule has 1 unspecified atom stereocenters. The van der Waals surface area contributed by atoms with Crippen LogP contribution in [0.2, 0.25) is 0 Å². The summed E-state index contributed by atoms with van der Waals surface area (Å²) >= 11 is 0. The van der Waals surface area contributed by atoms with Gasteiger partial charge in [0.25, 0.3) is 11.8 Å². The van der Waals surface area contributed by atoms with Gasteiger partial charge < -0.3 is 19.3 Å². The molecular formula is C10H16N2O4. The minimum atomic E-state index is -0.227. The zero-order valence-corrected chi connectivity index (χ0v) is 9.64. The maximum Gasteiger partial charge on any atom is 0.260 e. The van der Waals surface area contributed by atoms with E-state index in [9.17, 15) is 4.79 Å². The maximum absolute atomic E-state index is 11.6. The Morgan fingerprint density at radius 3 is 2.94 bits per heavy atom. The predicted octanol–water partition coefficient (Wildman–Crippen LogP) is 0.201. The van der Waals surface area contributed by atoms with Crippen LogP contribution in [0, 0.1) is 6.92 Å². The predicted molar refractivity (Wildman–Crippen MR) is 56.1 cm³/mol. The normalized spacial score (nSPS) is 12.2. The number of hydrogen-bond acceptors (Lipinski definition) is 5. The molecular weight excluding hydrogens is 212 g/mol. The van der Waals surface area contributed by atoms with Gasteiger partial charge in [0.2, 0.25) is 0 Å². The van der Waals surface area contributed by atoms with Gasteiger partial charge in [0, 0.05) is 13.1 Å². The highest BCUT2D eigenvalue weighted by Gasteiger charge is 2.15. The van der Waals surface area contributed by atoms with Gasteiger partial charge in [-0.1, -0.05) is 0 Å². The molecule has 1 heterocycles. The molecule has 90 valence electrons. The Labute approximate surface area is 93.8 Å². The van der Waals surface area contributed by atoms with Gasteiger partial charge in [-0.05, 0) is 19.0 Å². The fraction of sp³-hybridized carbons (Fsp3) is 0.600. The summed E-state index contributed by atoms with van der Waals surface area (Å²) in [7, 11) is 1.61. The van der Waals surface area contributed by atoms with Crippen LogP contribution in [0.25, 0.3) is 0 Å². The van der Waals surface area contributed by atoms with Crippen LogP contribution in [0.4, 0.5) is 0 Å². The quantitative estimate of drug-likeness (QED) is 0.779. The molecule has 1 aromatic heterocycles. The van der Waals surface area contributed by atoms with Gasteiger partial charge in [0.05, 0.1) is 12.6 Å². The summed E-state index contributed by atoms with van der Waals surface area (Å²) in [6.45, 7) is 3.29. The fourth-order valence-corrected chi connectivity index (χ4v) is 1.02. The molecule has 0 fully saturated rings. The van der Waals surface area contributed by atoms with Crippen molar-refractivity contribution in [2.45, 2.75) is 19.9 Å². The van der Waals surface area contributed by atoms with Crippen LogP contribution in [-0.4, -0.2) is 47.4 Å². The van der Waals surface area contributed by atoms with E-state index in [1.807, 2.05) is 0 Å². The minimum Gasteiger partial charge on any atom is -0.465 e. The molecule has 16 heavy (non-hydrogen) atoms. The molecule has 0 aromatic carbocycles.